The Morgan fingerprint density at radius 2 is 1.13 bits per heavy atom. The number of fused-ring (bicyclic) bond motifs is 8. The first-order valence-corrected chi connectivity index (χ1v) is 15.6. The molecule has 0 aliphatic rings. The van der Waals surface area contributed by atoms with Crippen LogP contribution < -0.4 is 0 Å². The Labute approximate surface area is 268 Å². The topological polar surface area (TPSA) is 61.2 Å². The Kier molecular flexibility index (Phi) is 5.48. The summed E-state index contributed by atoms with van der Waals surface area (Å²) in [5.41, 5.74) is 11.6. The number of rotatable bonds is 4. The van der Waals surface area contributed by atoms with Gasteiger partial charge in [-0.15, -0.1) is 0 Å². The van der Waals surface area contributed by atoms with Crippen LogP contribution in [0.4, 0.5) is 0 Å². The molecule has 0 unspecified atom stereocenters. The van der Waals surface area contributed by atoms with Crippen molar-refractivity contribution < 1.29 is 4.42 Å². The van der Waals surface area contributed by atoms with Gasteiger partial charge in [-0.05, 0) is 60.7 Å². The molecule has 0 amide bonds. The summed E-state index contributed by atoms with van der Waals surface area (Å²) < 4.78 is 11.0. The average Bonchev–Trinajstić information content (AvgIpc) is 3.80. The Morgan fingerprint density at radius 1 is 0.468 bits per heavy atom. The van der Waals surface area contributed by atoms with Crippen LogP contribution in [0.3, 0.4) is 0 Å². The molecular weight excluding hydrogens is 578 g/mol. The molecule has 0 aliphatic carbocycles. The molecule has 0 N–H and O–H groups in total. The van der Waals surface area contributed by atoms with Crippen LogP contribution in [0.5, 0.6) is 0 Å². The van der Waals surface area contributed by atoms with Crippen molar-refractivity contribution in [2.24, 2.45) is 0 Å². The third-order valence-corrected chi connectivity index (χ3v) is 8.94. The zero-order valence-corrected chi connectivity index (χ0v) is 25.1. The molecule has 220 valence electrons. The second-order valence-corrected chi connectivity index (χ2v) is 11.7. The molecule has 0 saturated carbocycles. The van der Waals surface area contributed by atoms with E-state index in [1.54, 1.807) is 0 Å². The van der Waals surface area contributed by atoms with Crippen molar-refractivity contribution in [1.29, 1.82) is 0 Å². The van der Waals surface area contributed by atoms with Gasteiger partial charge in [-0.25, -0.2) is 15.0 Å². The van der Waals surface area contributed by atoms with Gasteiger partial charge in [-0.1, -0.05) is 91.0 Å². The van der Waals surface area contributed by atoms with Crippen molar-refractivity contribution in [3.05, 3.63) is 152 Å². The molecule has 0 radical (unpaired) electrons. The molecule has 0 aliphatic heterocycles. The van der Waals surface area contributed by atoms with Crippen LogP contribution in [-0.4, -0.2) is 23.9 Å². The molecule has 6 aromatic carbocycles. The molecule has 10 aromatic rings. The van der Waals surface area contributed by atoms with Gasteiger partial charge < -0.3 is 4.42 Å². The van der Waals surface area contributed by atoms with E-state index in [4.69, 9.17) is 19.4 Å². The number of nitrogens with zero attached hydrogens (tertiary/aromatic N) is 5. The lowest BCUT2D eigenvalue weighted by Crippen LogP contribution is -1.96. The molecule has 0 spiro atoms. The molecule has 0 fully saturated rings. The molecular formula is C41H25N5O. The molecule has 6 heteroatoms. The fourth-order valence-electron chi connectivity index (χ4n) is 6.81. The Balaban J connectivity index is 1.24. The Morgan fingerprint density at radius 3 is 1.87 bits per heavy atom. The van der Waals surface area contributed by atoms with Crippen molar-refractivity contribution in [3.63, 3.8) is 0 Å². The van der Waals surface area contributed by atoms with Crippen molar-refractivity contribution in [1.82, 2.24) is 23.9 Å². The molecule has 6 nitrogen and oxygen atoms in total. The summed E-state index contributed by atoms with van der Waals surface area (Å²) in [6.45, 7) is 0. The molecule has 4 heterocycles. The van der Waals surface area contributed by atoms with Crippen molar-refractivity contribution in [2.75, 3.05) is 0 Å². The number of benzene rings is 6. The first-order chi connectivity index (χ1) is 23.3. The van der Waals surface area contributed by atoms with Gasteiger partial charge in [0.25, 0.3) is 0 Å². The highest BCUT2D eigenvalue weighted by Crippen LogP contribution is 2.39. The number of aromatic nitrogens is 5. The molecule has 0 saturated heterocycles. The van der Waals surface area contributed by atoms with Gasteiger partial charge >= 0.3 is 0 Å². The normalized spacial score (nSPS) is 11.8. The Hall–Kier alpha value is -6.53. The van der Waals surface area contributed by atoms with Gasteiger partial charge in [-0.3, -0.25) is 8.97 Å². The fourth-order valence-corrected chi connectivity index (χ4v) is 6.81. The van der Waals surface area contributed by atoms with Crippen LogP contribution >= 0.6 is 0 Å². The summed E-state index contributed by atoms with van der Waals surface area (Å²) in [4.78, 5) is 15.3. The van der Waals surface area contributed by atoms with Crippen molar-refractivity contribution in [3.8, 4) is 39.6 Å². The minimum absolute atomic E-state index is 0.659. The summed E-state index contributed by atoms with van der Waals surface area (Å²) in [7, 11) is 0. The van der Waals surface area contributed by atoms with Gasteiger partial charge in [0.1, 0.15) is 11.2 Å². The molecule has 47 heavy (non-hydrogen) atoms. The highest BCUT2D eigenvalue weighted by atomic mass is 16.3. The second kappa shape index (κ2) is 9.99. The van der Waals surface area contributed by atoms with Crippen LogP contribution in [-0.2, 0) is 0 Å². The maximum absolute atomic E-state index is 6.47. The van der Waals surface area contributed by atoms with Crippen LogP contribution in [0.1, 0.15) is 0 Å². The summed E-state index contributed by atoms with van der Waals surface area (Å²) in [6, 6.07) is 51.8. The minimum Gasteiger partial charge on any atom is -0.456 e. The zero-order valence-electron chi connectivity index (χ0n) is 25.1. The Bertz CT molecular complexity index is 2730. The highest BCUT2D eigenvalue weighted by Gasteiger charge is 2.21. The maximum Gasteiger partial charge on any atom is 0.220 e. The van der Waals surface area contributed by atoms with Crippen molar-refractivity contribution >= 4 is 49.8 Å². The first kappa shape index (κ1) is 25.8. The standard InChI is InChI=1S/C41H25N5O/c1-3-12-26(13-4-1)31-25-32(27-14-5-2-6-15-27)43-40(42-31)28-22-23-37-29(24-28)39-36(20-11-21-38(39)47-37)46-35-19-10-9-18-34(35)45-33-17-8-7-16-30(33)44-41(45)46/h1-25H. The summed E-state index contributed by atoms with van der Waals surface area (Å²) in [6.07, 6.45) is 0. The van der Waals surface area contributed by atoms with E-state index in [1.165, 1.54) is 0 Å². The number of hydrogen-bond donors (Lipinski definition) is 0. The van der Waals surface area contributed by atoms with E-state index in [2.05, 4.69) is 93.9 Å². The lowest BCUT2D eigenvalue weighted by molar-refractivity contribution is 0.669. The number of para-hydroxylation sites is 4. The quantitative estimate of drug-likeness (QED) is 0.201. The molecule has 0 bridgehead atoms. The van der Waals surface area contributed by atoms with Gasteiger partial charge in [-0.2, -0.15) is 0 Å². The highest BCUT2D eigenvalue weighted by molar-refractivity contribution is 6.11. The van der Waals surface area contributed by atoms with Gasteiger partial charge in [0.2, 0.25) is 5.78 Å². The van der Waals surface area contributed by atoms with Gasteiger partial charge in [0.15, 0.2) is 5.82 Å². The lowest BCUT2D eigenvalue weighted by Gasteiger charge is -2.10. The van der Waals surface area contributed by atoms with E-state index in [0.717, 1.165) is 83.5 Å². The molecule has 0 atom stereocenters. The second-order valence-electron chi connectivity index (χ2n) is 11.7. The summed E-state index contributed by atoms with van der Waals surface area (Å²) in [5.74, 6) is 1.52. The summed E-state index contributed by atoms with van der Waals surface area (Å²) in [5, 5.41) is 2.01. The number of furan rings is 1. The maximum atomic E-state index is 6.47. The van der Waals surface area contributed by atoms with E-state index in [9.17, 15) is 0 Å². The van der Waals surface area contributed by atoms with E-state index >= 15 is 0 Å². The zero-order chi connectivity index (χ0) is 30.9. The predicted octanol–water partition coefficient (Wildman–Crippen LogP) is 10.1. The third kappa shape index (κ3) is 3.95. The number of imidazole rings is 2. The minimum atomic E-state index is 0.659. The lowest BCUT2D eigenvalue weighted by atomic mass is 10.0. The van der Waals surface area contributed by atoms with Gasteiger partial charge in [0.05, 0.1) is 44.5 Å². The number of hydrogen-bond acceptors (Lipinski definition) is 4. The monoisotopic (exact) mass is 603 g/mol. The van der Waals surface area contributed by atoms with Crippen LogP contribution in [0.2, 0.25) is 0 Å². The largest absolute Gasteiger partial charge is 0.456 e. The molecule has 10 rings (SSSR count). The van der Waals surface area contributed by atoms with E-state index in [-0.39, 0.29) is 0 Å². The van der Waals surface area contributed by atoms with E-state index < -0.39 is 0 Å². The van der Waals surface area contributed by atoms with E-state index in [1.807, 2.05) is 66.7 Å². The van der Waals surface area contributed by atoms with Crippen LogP contribution in [0.25, 0.3) is 89.4 Å². The SMILES string of the molecule is c1ccc(-c2cc(-c3ccccc3)nc(-c3ccc4oc5cccc(-n6c7ccccc7n7c8ccccc8nc67)c5c4c3)n2)cc1. The van der Waals surface area contributed by atoms with Crippen LogP contribution in [0.15, 0.2) is 156 Å². The predicted molar refractivity (Wildman–Crippen MR) is 189 cm³/mol. The van der Waals surface area contributed by atoms with Crippen molar-refractivity contribution in [2.45, 2.75) is 0 Å². The van der Waals surface area contributed by atoms with E-state index in [0.29, 0.717) is 5.82 Å². The fraction of sp³-hybridized carbons (Fsp3) is 0. The van der Waals surface area contributed by atoms with Gasteiger partial charge in [0, 0.05) is 22.1 Å². The van der Waals surface area contributed by atoms with Crippen LogP contribution in [0, 0.1) is 0 Å². The third-order valence-electron chi connectivity index (χ3n) is 8.94. The smallest absolute Gasteiger partial charge is 0.220 e. The summed E-state index contributed by atoms with van der Waals surface area (Å²) >= 11 is 0. The first-order valence-electron chi connectivity index (χ1n) is 15.6. The average molecular weight is 604 g/mol. The molecule has 4 aromatic heterocycles.